The van der Waals surface area contributed by atoms with Crippen LogP contribution in [0.4, 0.5) is 0 Å². The average molecular weight is 217 g/mol. The molecule has 0 aliphatic rings. The summed E-state index contributed by atoms with van der Waals surface area (Å²) >= 11 is 0. The van der Waals surface area contributed by atoms with Crippen LogP contribution in [0.2, 0.25) is 0 Å². The number of nitrogens with one attached hydrogen (secondary N) is 1. The van der Waals surface area contributed by atoms with Gasteiger partial charge in [0.05, 0.1) is 12.5 Å². The lowest BCUT2D eigenvalue weighted by Crippen LogP contribution is -2.43. The molecule has 1 amide bonds. The molecule has 0 saturated carbocycles. The molecule has 0 aromatic carbocycles. The standard InChI is InChI=1S/C9H19N3O3/c1-11-4-3-5-12(2)9(15)7(10)6-8(13)14/h7,11H,3-6,10H2,1-2H3,(H,13,14). The van der Waals surface area contributed by atoms with Gasteiger partial charge in [0, 0.05) is 13.6 Å². The summed E-state index contributed by atoms with van der Waals surface area (Å²) in [7, 11) is 3.46. The second-order valence-corrected chi connectivity index (χ2v) is 3.42. The van der Waals surface area contributed by atoms with Crippen LogP contribution in [0.3, 0.4) is 0 Å². The molecule has 0 aliphatic heterocycles. The number of rotatable bonds is 7. The Bertz CT molecular complexity index is 221. The number of hydrogen-bond donors (Lipinski definition) is 3. The first-order valence-electron chi connectivity index (χ1n) is 4.86. The van der Waals surface area contributed by atoms with Gasteiger partial charge in [-0.15, -0.1) is 0 Å². The fourth-order valence-electron chi connectivity index (χ4n) is 1.16. The Morgan fingerprint density at radius 1 is 1.53 bits per heavy atom. The second-order valence-electron chi connectivity index (χ2n) is 3.42. The number of carbonyl (C=O) groups is 2. The van der Waals surface area contributed by atoms with E-state index in [0.29, 0.717) is 6.54 Å². The maximum Gasteiger partial charge on any atom is 0.305 e. The van der Waals surface area contributed by atoms with E-state index in [1.165, 1.54) is 4.90 Å². The Labute approximate surface area is 89.4 Å². The summed E-state index contributed by atoms with van der Waals surface area (Å²) in [6.07, 6.45) is 0.494. The molecule has 0 radical (unpaired) electrons. The van der Waals surface area contributed by atoms with Gasteiger partial charge in [0.1, 0.15) is 0 Å². The van der Waals surface area contributed by atoms with E-state index < -0.39 is 12.0 Å². The van der Waals surface area contributed by atoms with Gasteiger partial charge in [-0.05, 0) is 20.0 Å². The Morgan fingerprint density at radius 2 is 2.13 bits per heavy atom. The minimum absolute atomic E-state index is 0.324. The van der Waals surface area contributed by atoms with Gasteiger partial charge < -0.3 is 21.1 Å². The minimum atomic E-state index is -1.06. The van der Waals surface area contributed by atoms with Gasteiger partial charge in [0.25, 0.3) is 0 Å². The normalized spacial score (nSPS) is 12.2. The zero-order valence-electron chi connectivity index (χ0n) is 9.19. The molecular formula is C9H19N3O3. The Kier molecular flexibility index (Phi) is 6.64. The van der Waals surface area contributed by atoms with Crippen LogP contribution in [0.1, 0.15) is 12.8 Å². The molecule has 0 aromatic rings. The number of nitrogens with zero attached hydrogens (tertiary/aromatic N) is 1. The maximum absolute atomic E-state index is 11.5. The molecule has 0 heterocycles. The average Bonchev–Trinajstić information content (AvgIpc) is 2.15. The lowest BCUT2D eigenvalue weighted by molar-refractivity contribution is -0.141. The Hall–Kier alpha value is -1.14. The SMILES string of the molecule is CNCCCN(C)C(=O)C(N)CC(=O)O. The fourth-order valence-corrected chi connectivity index (χ4v) is 1.16. The third-order valence-electron chi connectivity index (χ3n) is 2.01. The fraction of sp³-hybridized carbons (Fsp3) is 0.778. The van der Waals surface area contributed by atoms with Crippen LogP contribution in [-0.2, 0) is 9.59 Å². The number of carbonyl (C=O) groups excluding carboxylic acids is 1. The lowest BCUT2D eigenvalue weighted by Gasteiger charge is -2.20. The summed E-state index contributed by atoms with van der Waals surface area (Å²) in [6.45, 7) is 1.39. The zero-order chi connectivity index (χ0) is 11.8. The number of carboxylic acids is 1. The van der Waals surface area contributed by atoms with Crippen LogP contribution >= 0.6 is 0 Å². The van der Waals surface area contributed by atoms with Crippen molar-refractivity contribution in [2.75, 3.05) is 27.2 Å². The number of carboxylic acid groups (broad SMARTS) is 1. The topological polar surface area (TPSA) is 95.7 Å². The number of likely N-dealkylation sites (N-methyl/N-ethyl adjacent to an activating group) is 1. The van der Waals surface area contributed by atoms with Gasteiger partial charge in [0.15, 0.2) is 0 Å². The first-order valence-corrected chi connectivity index (χ1v) is 4.86. The first-order chi connectivity index (χ1) is 6.99. The third-order valence-corrected chi connectivity index (χ3v) is 2.01. The molecule has 0 spiro atoms. The number of amides is 1. The van der Waals surface area contributed by atoms with E-state index in [1.54, 1.807) is 7.05 Å². The molecule has 0 bridgehead atoms. The molecule has 0 fully saturated rings. The Morgan fingerprint density at radius 3 is 2.60 bits per heavy atom. The van der Waals surface area contributed by atoms with E-state index in [4.69, 9.17) is 10.8 Å². The van der Waals surface area contributed by atoms with Crippen LogP contribution in [-0.4, -0.2) is 55.1 Å². The molecule has 0 rings (SSSR count). The zero-order valence-corrected chi connectivity index (χ0v) is 9.19. The highest BCUT2D eigenvalue weighted by Gasteiger charge is 2.20. The van der Waals surface area contributed by atoms with E-state index >= 15 is 0 Å². The van der Waals surface area contributed by atoms with Crippen molar-refractivity contribution in [1.29, 1.82) is 0 Å². The molecule has 15 heavy (non-hydrogen) atoms. The lowest BCUT2D eigenvalue weighted by atomic mass is 10.2. The highest BCUT2D eigenvalue weighted by Crippen LogP contribution is 1.96. The minimum Gasteiger partial charge on any atom is -0.481 e. The molecule has 6 heteroatoms. The van der Waals surface area contributed by atoms with Crippen molar-refractivity contribution in [3.05, 3.63) is 0 Å². The molecule has 1 atom stereocenters. The van der Waals surface area contributed by atoms with Crippen LogP contribution in [0.5, 0.6) is 0 Å². The van der Waals surface area contributed by atoms with Crippen LogP contribution < -0.4 is 11.1 Å². The monoisotopic (exact) mass is 217 g/mol. The first kappa shape index (κ1) is 13.9. The summed E-state index contributed by atoms with van der Waals surface area (Å²) < 4.78 is 0. The van der Waals surface area contributed by atoms with E-state index in [-0.39, 0.29) is 12.3 Å². The largest absolute Gasteiger partial charge is 0.481 e. The molecular weight excluding hydrogens is 198 g/mol. The maximum atomic E-state index is 11.5. The highest BCUT2D eigenvalue weighted by molar-refractivity contribution is 5.85. The van der Waals surface area contributed by atoms with Crippen molar-refractivity contribution >= 4 is 11.9 Å². The summed E-state index contributed by atoms with van der Waals surface area (Å²) in [5, 5.41) is 11.4. The van der Waals surface area contributed by atoms with Crippen LogP contribution in [0.15, 0.2) is 0 Å². The third kappa shape index (κ3) is 6.03. The van der Waals surface area contributed by atoms with E-state index in [1.807, 2.05) is 7.05 Å². The Balaban J connectivity index is 3.90. The number of nitrogens with two attached hydrogens (primary N) is 1. The molecule has 6 nitrogen and oxygen atoms in total. The summed E-state index contributed by atoms with van der Waals surface area (Å²) in [6, 6.07) is -0.943. The van der Waals surface area contributed by atoms with Gasteiger partial charge in [0.2, 0.25) is 5.91 Å². The quantitative estimate of drug-likeness (QED) is 0.468. The highest BCUT2D eigenvalue weighted by atomic mass is 16.4. The smallest absolute Gasteiger partial charge is 0.305 e. The molecule has 1 unspecified atom stereocenters. The summed E-state index contributed by atoms with van der Waals surface area (Å²) in [5.41, 5.74) is 5.44. The van der Waals surface area contributed by atoms with Crippen molar-refractivity contribution in [3.63, 3.8) is 0 Å². The predicted octanol–water partition coefficient (Wildman–Crippen LogP) is -1.14. The summed E-state index contributed by atoms with van der Waals surface area (Å²) in [4.78, 5) is 23.3. The molecule has 0 aromatic heterocycles. The second kappa shape index (κ2) is 7.19. The van der Waals surface area contributed by atoms with E-state index in [0.717, 1.165) is 13.0 Å². The van der Waals surface area contributed by atoms with Gasteiger partial charge in [-0.25, -0.2) is 0 Å². The van der Waals surface area contributed by atoms with E-state index in [2.05, 4.69) is 5.32 Å². The van der Waals surface area contributed by atoms with Gasteiger partial charge in [-0.3, -0.25) is 9.59 Å². The summed E-state index contributed by atoms with van der Waals surface area (Å²) in [5.74, 6) is -1.38. The van der Waals surface area contributed by atoms with Gasteiger partial charge in [-0.2, -0.15) is 0 Å². The molecule has 4 N–H and O–H groups in total. The molecule has 88 valence electrons. The molecule has 0 aliphatic carbocycles. The van der Waals surface area contributed by atoms with Crippen molar-refractivity contribution in [3.8, 4) is 0 Å². The van der Waals surface area contributed by atoms with Crippen molar-refractivity contribution in [2.24, 2.45) is 5.73 Å². The van der Waals surface area contributed by atoms with Crippen LogP contribution in [0, 0.1) is 0 Å². The van der Waals surface area contributed by atoms with E-state index in [9.17, 15) is 9.59 Å². The predicted molar refractivity (Wildman–Crippen MR) is 56.4 cm³/mol. The van der Waals surface area contributed by atoms with Crippen LogP contribution in [0.25, 0.3) is 0 Å². The van der Waals surface area contributed by atoms with Gasteiger partial charge in [-0.1, -0.05) is 0 Å². The van der Waals surface area contributed by atoms with Crippen molar-refractivity contribution in [2.45, 2.75) is 18.9 Å². The van der Waals surface area contributed by atoms with Crippen molar-refractivity contribution < 1.29 is 14.7 Å². The van der Waals surface area contributed by atoms with Crippen molar-refractivity contribution in [1.82, 2.24) is 10.2 Å². The number of hydrogen-bond acceptors (Lipinski definition) is 4. The molecule has 0 saturated heterocycles. The number of aliphatic carboxylic acids is 1. The van der Waals surface area contributed by atoms with Gasteiger partial charge >= 0.3 is 5.97 Å².